The smallest absolute Gasteiger partial charge is 0.319 e. The van der Waals surface area contributed by atoms with Crippen LogP contribution in [0.25, 0.3) is 20.9 Å². The molecule has 2 fully saturated rings. The molecule has 1 saturated carbocycles. The van der Waals surface area contributed by atoms with Gasteiger partial charge in [0.2, 0.25) is 5.88 Å². The first-order valence-electron chi connectivity index (χ1n) is 8.47. The fourth-order valence-electron chi connectivity index (χ4n) is 3.78. The highest BCUT2D eigenvalue weighted by Crippen LogP contribution is 2.64. The number of methoxy groups -OCH3 is 2. The second-order valence-corrected chi connectivity index (χ2v) is 8.21. The van der Waals surface area contributed by atoms with E-state index in [-0.39, 0.29) is 11.4 Å². The van der Waals surface area contributed by atoms with Gasteiger partial charge in [-0.05, 0) is 6.42 Å². The Balaban J connectivity index is 1.57. The van der Waals surface area contributed by atoms with Gasteiger partial charge in [-0.1, -0.05) is 6.92 Å². The quantitative estimate of drug-likeness (QED) is 0.674. The van der Waals surface area contributed by atoms with Gasteiger partial charge in [-0.3, -0.25) is 0 Å². The van der Waals surface area contributed by atoms with Gasteiger partial charge < -0.3 is 14.4 Å². The number of anilines is 1. The summed E-state index contributed by atoms with van der Waals surface area (Å²) in [6.07, 6.45) is 3.71. The minimum Gasteiger partial charge on any atom is -0.480 e. The zero-order chi connectivity index (χ0) is 18.8. The molecule has 27 heavy (non-hydrogen) atoms. The van der Waals surface area contributed by atoms with Gasteiger partial charge in [0.25, 0.3) is 0 Å². The minimum atomic E-state index is -1.11. The summed E-state index contributed by atoms with van der Waals surface area (Å²) in [7, 11) is 3.02. The third-order valence-corrected chi connectivity index (χ3v) is 6.49. The summed E-state index contributed by atoms with van der Waals surface area (Å²) in [6, 6.07) is 0.218. The van der Waals surface area contributed by atoms with Gasteiger partial charge in [0.15, 0.2) is 11.5 Å². The van der Waals surface area contributed by atoms with Crippen LogP contribution in [0.15, 0.2) is 12.5 Å². The van der Waals surface area contributed by atoms with Crippen LogP contribution in [0.3, 0.4) is 0 Å². The lowest BCUT2D eigenvalue weighted by molar-refractivity contribution is 0.286. The average Bonchev–Trinajstić information content (AvgIpc) is 2.98. The lowest BCUT2D eigenvalue weighted by Crippen LogP contribution is -2.26. The molecule has 0 aromatic carbocycles. The molecule has 1 saturated heterocycles. The van der Waals surface area contributed by atoms with Crippen LogP contribution in [0.2, 0.25) is 0 Å². The highest BCUT2D eigenvalue weighted by Gasteiger charge is 2.71. The number of hydrogen-bond donors (Lipinski definition) is 0. The van der Waals surface area contributed by atoms with Crippen LogP contribution >= 0.6 is 11.3 Å². The van der Waals surface area contributed by atoms with E-state index in [0.717, 1.165) is 10.5 Å². The van der Waals surface area contributed by atoms with Crippen molar-refractivity contribution in [3.05, 3.63) is 12.5 Å². The van der Waals surface area contributed by atoms with Crippen LogP contribution < -0.4 is 14.4 Å². The summed E-state index contributed by atoms with van der Waals surface area (Å²) in [6.45, 7) is 3.00. The average molecular weight is 388 g/mol. The van der Waals surface area contributed by atoms with Crippen LogP contribution in [-0.4, -0.2) is 57.9 Å². The monoisotopic (exact) mass is 388 g/mol. The zero-order valence-electron chi connectivity index (χ0n) is 15.1. The Morgan fingerprint density at radius 2 is 2.00 bits per heavy atom. The first-order chi connectivity index (χ1) is 13.0. The summed E-state index contributed by atoms with van der Waals surface area (Å²) in [4.78, 5) is 23.6. The number of aromatic nitrogens is 5. The van der Waals surface area contributed by atoms with Gasteiger partial charge in [-0.25, -0.2) is 24.3 Å². The topological polar surface area (TPSA) is 86.2 Å². The van der Waals surface area contributed by atoms with E-state index in [1.165, 1.54) is 31.9 Å². The van der Waals surface area contributed by atoms with Gasteiger partial charge in [0, 0.05) is 18.2 Å². The van der Waals surface area contributed by atoms with E-state index >= 15 is 0 Å². The van der Waals surface area contributed by atoms with Crippen molar-refractivity contribution >= 4 is 27.5 Å². The fourth-order valence-corrected chi connectivity index (χ4v) is 4.82. The molecule has 2 atom stereocenters. The lowest BCUT2D eigenvalue weighted by atomic mass is 10.1. The fraction of sp³-hybridized carbons (Fsp3) is 0.471. The molecule has 4 heterocycles. The number of nitrogens with zero attached hydrogens (tertiary/aromatic N) is 6. The van der Waals surface area contributed by atoms with Crippen molar-refractivity contribution in [3.63, 3.8) is 0 Å². The van der Waals surface area contributed by atoms with Crippen LogP contribution in [0, 0.1) is 5.41 Å². The van der Waals surface area contributed by atoms with Crippen LogP contribution in [0.4, 0.5) is 10.2 Å². The van der Waals surface area contributed by atoms with E-state index in [1.807, 2.05) is 11.8 Å². The molecule has 8 nitrogen and oxygen atoms in total. The number of halogens is 1. The van der Waals surface area contributed by atoms with Crippen molar-refractivity contribution in [3.8, 4) is 22.5 Å². The van der Waals surface area contributed by atoms with Gasteiger partial charge in [-0.15, -0.1) is 11.3 Å². The number of ether oxygens (including phenoxy) is 2. The number of thiazole rings is 1. The van der Waals surface area contributed by atoms with Crippen LogP contribution in [0.5, 0.6) is 11.9 Å². The number of rotatable bonds is 4. The Kier molecular flexibility index (Phi) is 3.34. The van der Waals surface area contributed by atoms with Crippen molar-refractivity contribution in [2.75, 3.05) is 32.2 Å². The highest BCUT2D eigenvalue weighted by molar-refractivity contribution is 7.22. The third kappa shape index (κ3) is 2.35. The molecule has 1 aliphatic heterocycles. The van der Waals surface area contributed by atoms with Gasteiger partial charge in [0.1, 0.15) is 21.7 Å². The van der Waals surface area contributed by atoms with E-state index in [2.05, 4.69) is 24.9 Å². The minimum absolute atomic E-state index is 0.218. The summed E-state index contributed by atoms with van der Waals surface area (Å²) in [5.41, 5.74) is -0.169. The second-order valence-electron chi connectivity index (χ2n) is 7.21. The molecule has 0 radical (unpaired) electrons. The number of fused-ring (bicyclic) bond motifs is 2. The van der Waals surface area contributed by atoms with Crippen molar-refractivity contribution in [1.29, 1.82) is 0 Å². The van der Waals surface area contributed by atoms with Gasteiger partial charge in [-0.2, -0.15) is 4.98 Å². The van der Waals surface area contributed by atoms with Crippen molar-refractivity contribution in [2.24, 2.45) is 5.41 Å². The zero-order valence-corrected chi connectivity index (χ0v) is 15.9. The standard InChI is InChI=1S/C17H17FN6O2S/c1-16-5-17(16,18)7-24(6-16)12-10-11(20-8-21-12)22-14(27-10)9-4-19-15(26-3)23-13(9)25-2/h4,8H,5-7H2,1-3H3. The molecule has 3 aromatic rings. The molecule has 0 amide bonds. The predicted molar refractivity (Wildman–Crippen MR) is 98.1 cm³/mol. The molecular weight excluding hydrogens is 371 g/mol. The summed E-state index contributed by atoms with van der Waals surface area (Å²) in [5, 5.41) is 0.664. The molecule has 0 bridgehead atoms. The van der Waals surface area contributed by atoms with Gasteiger partial charge >= 0.3 is 6.01 Å². The molecule has 5 rings (SSSR count). The highest BCUT2D eigenvalue weighted by atomic mass is 32.1. The molecule has 3 aromatic heterocycles. The molecule has 2 unspecified atom stereocenters. The second kappa shape index (κ2) is 5.44. The molecule has 0 spiro atoms. The Hall–Kier alpha value is -2.62. The van der Waals surface area contributed by atoms with E-state index in [1.54, 1.807) is 6.20 Å². The van der Waals surface area contributed by atoms with E-state index in [4.69, 9.17) is 9.47 Å². The maximum absolute atomic E-state index is 14.7. The van der Waals surface area contributed by atoms with Crippen molar-refractivity contribution < 1.29 is 13.9 Å². The van der Waals surface area contributed by atoms with Crippen LogP contribution in [0.1, 0.15) is 13.3 Å². The maximum Gasteiger partial charge on any atom is 0.319 e. The first-order valence-corrected chi connectivity index (χ1v) is 9.29. The van der Waals surface area contributed by atoms with Crippen LogP contribution in [-0.2, 0) is 0 Å². The number of piperidine rings is 1. The SMILES string of the molecule is COc1ncc(-c2nc3ncnc(N4CC5(C)CC5(F)C4)c3s2)c(OC)n1. The number of alkyl halides is 1. The predicted octanol–water partition coefficient (Wildman–Crippen LogP) is 2.50. The molecule has 10 heteroatoms. The normalized spacial score (nSPS) is 26.3. The number of hydrogen-bond acceptors (Lipinski definition) is 9. The molecule has 2 aliphatic rings. The van der Waals surface area contributed by atoms with E-state index in [0.29, 0.717) is 41.6 Å². The van der Waals surface area contributed by atoms with E-state index < -0.39 is 5.67 Å². The van der Waals surface area contributed by atoms with Crippen molar-refractivity contribution in [1.82, 2.24) is 24.9 Å². The van der Waals surface area contributed by atoms with E-state index in [9.17, 15) is 4.39 Å². The first kappa shape index (κ1) is 16.5. The Morgan fingerprint density at radius 1 is 1.15 bits per heavy atom. The Bertz CT molecular complexity index is 1050. The summed E-state index contributed by atoms with van der Waals surface area (Å²) >= 11 is 1.42. The molecule has 0 N–H and O–H groups in total. The largest absolute Gasteiger partial charge is 0.480 e. The molecule has 140 valence electrons. The lowest BCUT2D eigenvalue weighted by Gasteiger charge is -2.20. The van der Waals surface area contributed by atoms with Crippen molar-refractivity contribution in [2.45, 2.75) is 19.0 Å². The summed E-state index contributed by atoms with van der Waals surface area (Å²) < 4.78 is 25.9. The Labute approximate surface area is 158 Å². The third-order valence-electron chi connectivity index (χ3n) is 5.42. The maximum atomic E-state index is 14.7. The molecule has 1 aliphatic carbocycles. The summed E-state index contributed by atoms with van der Waals surface area (Å²) in [5.74, 6) is 1.09. The Morgan fingerprint density at radius 3 is 2.70 bits per heavy atom. The van der Waals surface area contributed by atoms with Gasteiger partial charge in [0.05, 0.1) is 26.3 Å². The molecular formula is C17H17FN6O2S.